The van der Waals surface area contributed by atoms with Crippen molar-refractivity contribution in [1.82, 2.24) is 4.90 Å². The molecule has 0 unspecified atom stereocenters. The smallest absolute Gasteiger partial charge is 0.255 e. The molecule has 0 saturated carbocycles. The van der Waals surface area contributed by atoms with Crippen LogP contribution in [-0.4, -0.2) is 35.6 Å². The van der Waals surface area contributed by atoms with E-state index in [2.05, 4.69) is 23.5 Å². The second-order valence-corrected chi connectivity index (χ2v) is 8.57. The summed E-state index contributed by atoms with van der Waals surface area (Å²) in [6.45, 7) is 1.60. The van der Waals surface area contributed by atoms with Gasteiger partial charge >= 0.3 is 0 Å². The third kappa shape index (κ3) is 4.41. The van der Waals surface area contributed by atoms with E-state index < -0.39 is 0 Å². The predicted octanol–water partition coefficient (Wildman–Crippen LogP) is 4.53. The maximum atomic E-state index is 12.9. The second kappa shape index (κ2) is 8.82. The number of hydrogen-bond donors (Lipinski definition) is 1. The fourth-order valence-corrected chi connectivity index (χ4v) is 4.78. The molecule has 1 N–H and O–H groups in total. The van der Waals surface area contributed by atoms with Crippen molar-refractivity contribution in [3.05, 3.63) is 59.2 Å². The van der Waals surface area contributed by atoms with Gasteiger partial charge in [-0.2, -0.15) is 0 Å². The van der Waals surface area contributed by atoms with Crippen LogP contribution in [0, 0.1) is 0 Å². The average molecular weight is 395 g/mol. The number of nitrogens with zero attached hydrogens (tertiary/aromatic N) is 1. The van der Waals surface area contributed by atoms with Crippen LogP contribution in [0.25, 0.3) is 0 Å². The number of para-hydroxylation sites is 1. The largest absolute Gasteiger partial charge is 0.339 e. The van der Waals surface area contributed by atoms with E-state index in [-0.39, 0.29) is 11.8 Å². The Morgan fingerprint density at radius 1 is 0.929 bits per heavy atom. The van der Waals surface area contributed by atoms with Crippen molar-refractivity contribution in [1.29, 1.82) is 0 Å². The first-order chi connectivity index (χ1) is 13.7. The zero-order valence-corrected chi connectivity index (χ0v) is 16.9. The van der Waals surface area contributed by atoms with Crippen LogP contribution in [0.15, 0.2) is 47.4 Å². The van der Waals surface area contributed by atoms with E-state index in [1.807, 2.05) is 23.1 Å². The molecule has 1 saturated heterocycles. The van der Waals surface area contributed by atoms with Gasteiger partial charge in [-0.25, -0.2) is 0 Å². The number of piperidine rings is 1. The zero-order chi connectivity index (χ0) is 19.3. The van der Waals surface area contributed by atoms with Gasteiger partial charge < -0.3 is 10.2 Å². The Balaban J connectivity index is 1.38. The van der Waals surface area contributed by atoms with Crippen LogP contribution in [0.2, 0.25) is 0 Å². The van der Waals surface area contributed by atoms with Crippen LogP contribution in [-0.2, 0) is 17.6 Å². The standard InChI is InChI=1S/C23H26N2O2S/c26-22(16-28-19-12-11-17-7-6-8-18(17)15-19)24-21-10-3-2-9-20(21)23(27)25-13-4-1-5-14-25/h2-3,9-12,15H,1,4-8,13-14,16H2,(H,24,26). The van der Waals surface area contributed by atoms with Gasteiger partial charge in [0.05, 0.1) is 17.0 Å². The van der Waals surface area contributed by atoms with Crippen LogP contribution < -0.4 is 5.32 Å². The first-order valence-electron chi connectivity index (χ1n) is 10.1. The minimum absolute atomic E-state index is 0.0156. The molecule has 4 rings (SSSR count). The average Bonchev–Trinajstić information content (AvgIpc) is 3.21. The van der Waals surface area contributed by atoms with Gasteiger partial charge in [0, 0.05) is 18.0 Å². The summed E-state index contributed by atoms with van der Waals surface area (Å²) in [6.07, 6.45) is 6.83. The highest BCUT2D eigenvalue weighted by Gasteiger charge is 2.21. The van der Waals surface area contributed by atoms with E-state index in [1.54, 1.807) is 17.8 Å². The van der Waals surface area contributed by atoms with Crippen molar-refractivity contribution < 1.29 is 9.59 Å². The van der Waals surface area contributed by atoms with E-state index in [0.717, 1.165) is 37.2 Å². The lowest BCUT2D eigenvalue weighted by Crippen LogP contribution is -2.36. The molecule has 0 radical (unpaired) electrons. The molecule has 0 aromatic heterocycles. The van der Waals surface area contributed by atoms with Gasteiger partial charge in [0.15, 0.2) is 0 Å². The number of benzene rings is 2. The lowest BCUT2D eigenvalue weighted by Gasteiger charge is -2.27. The highest BCUT2D eigenvalue weighted by molar-refractivity contribution is 8.00. The monoisotopic (exact) mass is 394 g/mol. The number of nitrogens with one attached hydrogen (secondary N) is 1. The molecule has 2 amide bonds. The summed E-state index contributed by atoms with van der Waals surface area (Å²) < 4.78 is 0. The van der Waals surface area contributed by atoms with Gasteiger partial charge in [-0.05, 0) is 73.9 Å². The molecule has 2 aliphatic rings. The highest BCUT2D eigenvalue weighted by Crippen LogP contribution is 2.28. The molecule has 28 heavy (non-hydrogen) atoms. The van der Waals surface area contributed by atoms with Crippen LogP contribution >= 0.6 is 11.8 Å². The van der Waals surface area contributed by atoms with Crippen LogP contribution in [0.4, 0.5) is 5.69 Å². The van der Waals surface area contributed by atoms with Gasteiger partial charge in [-0.1, -0.05) is 18.2 Å². The van der Waals surface area contributed by atoms with Gasteiger partial charge in [-0.3, -0.25) is 9.59 Å². The number of carbonyl (C=O) groups excluding carboxylic acids is 2. The van der Waals surface area contributed by atoms with Crippen LogP contribution in [0.1, 0.15) is 47.2 Å². The van der Waals surface area contributed by atoms with Crippen molar-refractivity contribution in [3.8, 4) is 0 Å². The predicted molar refractivity (Wildman–Crippen MR) is 114 cm³/mol. The molecule has 146 valence electrons. The molecule has 4 nitrogen and oxygen atoms in total. The Morgan fingerprint density at radius 2 is 1.71 bits per heavy atom. The summed E-state index contributed by atoms with van der Waals surface area (Å²) in [5.74, 6) is 0.275. The van der Waals surface area contributed by atoms with Crippen molar-refractivity contribution >= 4 is 29.3 Å². The van der Waals surface area contributed by atoms with E-state index in [4.69, 9.17) is 0 Å². The van der Waals surface area contributed by atoms with Crippen LogP contribution in [0.5, 0.6) is 0 Å². The number of anilines is 1. The third-order valence-corrected chi connectivity index (χ3v) is 6.51. The van der Waals surface area contributed by atoms with Crippen LogP contribution in [0.3, 0.4) is 0 Å². The Kier molecular flexibility index (Phi) is 6.01. The quantitative estimate of drug-likeness (QED) is 0.758. The number of fused-ring (bicyclic) bond motifs is 1. The lowest BCUT2D eigenvalue weighted by molar-refractivity contribution is -0.113. The normalized spacial score (nSPS) is 15.9. The first-order valence-corrected chi connectivity index (χ1v) is 11.1. The zero-order valence-electron chi connectivity index (χ0n) is 16.1. The number of aryl methyl sites for hydroxylation is 2. The SMILES string of the molecule is O=C(CSc1ccc2c(c1)CCC2)Nc1ccccc1C(=O)N1CCCCC1. The number of amides is 2. The summed E-state index contributed by atoms with van der Waals surface area (Å²) in [7, 11) is 0. The number of hydrogen-bond acceptors (Lipinski definition) is 3. The minimum Gasteiger partial charge on any atom is -0.339 e. The highest BCUT2D eigenvalue weighted by atomic mass is 32.2. The maximum absolute atomic E-state index is 12.9. The molecule has 2 aromatic rings. The molecule has 2 aromatic carbocycles. The fourth-order valence-electron chi connectivity index (χ4n) is 4.02. The molecule has 5 heteroatoms. The van der Waals surface area contributed by atoms with Gasteiger partial charge in [-0.15, -0.1) is 11.8 Å². The Morgan fingerprint density at radius 3 is 2.57 bits per heavy atom. The number of likely N-dealkylation sites (tertiary alicyclic amines) is 1. The molecule has 1 heterocycles. The molecule has 1 fully saturated rings. The summed E-state index contributed by atoms with van der Waals surface area (Å²) in [4.78, 5) is 28.4. The second-order valence-electron chi connectivity index (χ2n) is 7.52. The van der Waals surface area contributed by atoms with E-state index in [1.165, 1.54) is 30.4 Å². The molecule has 1 aliphatic heterocycles. The number of thioether (sulfide) groups is 1. The number of carbonyl (C=O) groups is 2. The molecule has 0 bridgehead atoms. The Hall–Kier alpha value is -2.27. The molecule has 0 atom stereocenters. The number of rotatable bonds is 5. The summed E-state index contributed by atoms with van der Waals surface area (Å²) >= 11 is 1.55. The van der Waals surface area contributed by atoms with Crippen molar-refractivity contribution in [2.45, 2.75) is 43.4 Å². The summed E-state index contributed by atoms with van der Waals surface area (Å²) in [5, 5.41) is 2.95. The first kappa shape index (κ1) is 19.1. The van der Waals surface area contributed by atoms with E-state index in [9.17, 15) is 9.59 Å². The summed E-state index contributed by atoms with van der Waals surface area (Å²) in [5.41, 5.74) is 4.06. The fraction of sp³-hybridized carbons (Fsp3) is 0.391. The minimum atomic E-state index is -0.0793. The van der Waals surface area contributed by atoms with Gasteiger partial charge in [0.1, 0.15) is 0 Å². The topological polar surface area (TPSA) is 49.4 Å². The van der Waals surface area contributed by atoms with E-state index in [0.29, 0.717) is 17.0 Å². The molecule has 1 aliphatic carbocycles. The van der Waals surface area contributed by atoms with Gasteiger partial charge in [0.25, 0.3) is 5.91 Å². The summed E-state index contributed by atoms with van der Waals surface area (Å²) in [6, 6.07) is 13.8. The van der Waals surface area contributed by atoms with Crippen molar-refractivity contribution in [2.75, 3.05) is 24.2 Å². The van der Waals surface area contributed by atoms with Crippen molar-refractivity contribution in [3.63, 3.8) is 0 Å². The Labute approximate surface area is 170 Å². The molecular weight excluding hydrogens is 368 g/mol. The third-order valence-electron chi connectivity index (χ3n) is 5.51. The van der Waals surface area contributed by atoms with Gasteiger partial charge in [0.2, 0.25) is 5.91 Å². The molecule has 0 spiro atoms. The van der Waals surface area contributed by atoms with E-state index >= 15 is 0 Å². The maximum Gasteiger partial charge on any atom is 0.255 e. The Bertz CT molecular complexity index is 875. The molecular formula is C23H26N2O2S. The lowest BCUT2D eigenvalue weighted by atomic mass is 10.1. The van der Waals surface area contributed by atoms with Crippen molar-refractivity contribution in [2.24, 2.45) is 0 Å².